The molecule has 1 fully saturated rings. The molecule has 2 atom stereocenters. The van der Waals surface area contributed by atoms with Crippen LogP contribution in [0.5, 0.6) is 0 Å². The van der Waals surface area contributed by atoms with Gasteiger partial charge in [-0.2, -0.15) is 18.4 Å². The molecular weight excluding hydrogens is 378 g/mol. The average Bonchev–Trinajstić information content (AvgIpc) is 3.02. The van der Waals surface area contributed by atoms with Crippen molar-refractivity contribution in [3.8, 4) is 6.07 Å². The van der Waals surface area contributed by atoms with Crippen LogP contribution in [0.4, 0.5) is 23.2 Å². The van der Waals surface area contributed by atoms with Gasteiger partial charge in [0.2, 0.25) is 0 Å². The van der Waals surface area contributed by atoms with Gasteiger partial charge < -0.3 is 10.0 Å². The number of alkyl halides is 3. The fraction of sp³-hybridized carbons (Fsp3) is 0.312. The van der Waals surface area contributed by atoms with Gasteiger partial charge in [-0.05, 0) is 12.1 Å². The monoisotopic (exact) mass is 387 g/mol. The van der Waals surface area contributed by atoms with Gasteiger partial charge >= 0.3 is 12.1 Å². The van der Waals surface area contributed by atoms with Crippen molar-refractivity contribution in [1.82, 2.24) is 4.98 Å². The highest BCUT2D eigenvalue weighted by Gasteiger charge is 2.53. The van der Waals surface area contributed by atoms with Crippen molar-refractivity contribution in [1.29, 1.82) is 5.26 Å². The number of benzene rings is 1. The third-order valence-electron chi connectivity index (χ3n) is 4.39. The molecule has 1 aliphatic rings. The minimum absolute atomic E-state index is 0.00309. The zero-order valence-corrected chi connectivity index (χ0v) is 13.6. The first-order valence-electron chi connectivity index (χ1n) is 7.36. The van der Waals surface area contributed by atoms with E-state index in [-0.39, 0.29) is 27.2 Å². The van der Waals surface area contributed by atoms with Gasteiger partial charge in [0, 0.05) is 24.7 Å². The van der Waals surface area contributed by atoms with Crippen molar-refractivity contribution >= 4 is 34.2 Å². The fourth-order valence-corrected chi connectivity index (χ4v) is 3.44. The molecule has 26 heavy (non-hydrogen) atoms. The van der Waals surface area contributed by atoms with Crippen LogP contribution in [0.25, 0.3) is 10.9 Å². The summed E-state index contributed by atoms with van der Waals surface area (Å²) in [6.45, 7) is -1.17. The first kappa shape index (κ1) is 18.2. The van der Waals surface area contributed by atoms with Crippen LogP contribution in [0.3, 0.4) is 0 Å². The predicted molar refractivity (Wildman–Crippen MR) is 84.3 cm³/mol. The molecule has 1 saturated heterocycles. The number of carboxylic acid groups (broad SMARTS) is 1. The van der Waals surface area contributed by atoms with Gasteiger partial charge in [0.05, 0.1) is 28.1 Å². The molecule has 2 heterocycles. The predicted octanol–water partition coefficient (Wildman–Crippen LogP) is 3.60. The Morgan fingerprint density at radius 1 is 1.38 bits per heavy atom. The number of hydrogen-bond acceptors (Lipinski definition) is 4. The highest BCUT2D eigenvalue weighted by molar-refractivity contribution is 6.36. The number of aromatic nitrogens is 1. The lowest BCUT2D eigenvalue weighted by Crippen LogP contribution is -2.33. The normalized spacial score (nSPS) is 20.4. The van der Waals surface area contributed by atoms with Gasteiger partial charge in [0.25, 0.3) is 0 Å². The second-order valence-electron chi connectivity index (χ2n) is 5.88. The molecule has 1 N–H and O–H groups in total. The van der Waals surface area contributed by atoms with Crippen LogP contribution >= 0.6 is 11.6 Å². The molecule has 1 aromatic carbocycles. The first-order valence-corrected chi connectivity index (χ1v) is 7.74. The lowest BCUT2D eigenvalue weighted by Gasteiger charge is -2.22. The number of carboxylic acids is 1. The Morgan fingerprint density at radius 2 is 2.08 bits per heavy atom. The summed E-state index contributed by atoms with van der Waals surface area (Å²) in [5, 5.41) is 18.5. The number of pyridine rings is 1. The van der Waals surface area contributed by atoms with Gasteiger partial charge in [-0.15, -0.1) is 0 Å². The van der Waals surface area contributed by atoms with Gasteiger partial charge in [-0.1, -0.05) is 11.6 Å². The minimum atomic E-state index is -4.73. The Balaban J connectivity index is 2.21. The third kappa shape index (κ3) is 2.90. The van der Waals surface area contributed by atoms with Crippen molar-refractivity contribution in [2.45, 2.75) is 6.18 Å². The van der Waals surface area contributed by atoms with Crippen LogP contribution < -0.4 is 4.90 Å². The maximum atomic E-state index is 14.0. The standard InChI is InChI=1S/C16H10ClF4N3O2/c17-10-1-2-11(18)13-12(10)14(7(3-22)4-23-13)24-5-8(15(25)26)9(6-24)16(19,20)21/h1-2,4,8-9H,5-6H2,(H,25,26)/t8-,9-/m1/s1. The van der Waals surface area contributed by atoms with E-state index in [1.54, 1.807) is 6.07 Å². The van der Waals surface area contributed by atoms with E-state index in [9.17, 15) is 27.6 Å². The Labute approximate surface area is 149 Å². The van der Waals surface area contributed by atoms with Crippen LogP contribution in [0.1, 0.15) is 5.56 Å². The molecule has 1 aliphatic heterocycles. The van der Waals surface area contributed by atoms with Crippen LogP contribution in [0.15, 0.2) is 18.3 Å². The van der Waals surface area contributed by atoms with E-state index in [1.807, 2.05) is 0 Å². The summed E-state index contributed by atoms with van der Waals surface area (Å²) < 4.78 is 53.8. The Bertz CT molecular complexity index is 942. The van der Waals surface area contributed by atoms with Gasteiger partial charge in [-0.25, -0.2) is 4.39 Å². The van der Waals surface area contributed by atoms with Crippen LogP contribution in [0, 0.1) is 29.0 Å². The summed E-state index contributed by atoms with van der Waals surface area (Å²) in [5.74, 6) is -6.18. The molecule has 0 unspecified atom stereocenters. The lowest BCUT2D eigenvalue weighted by atomic mass is 9.96. The van der Waals surface area contributed by atoms with E-state index >= 15 is 0 Å². The summed E-state index contributed by atoms with van der Waals surface area (Å²) in [6, 6.07) is 4.05. The molecule has 0 amide bonds. The number of nitrogens with zero attached hydrogens (tertiary/aromatic N) is 3. The largest absolute Gasteiger partial charge is 0.481 e. The number of rotatable bonds is 2. The van der Waals surface area contributed by atoms with Gasteiger partial charge in [-0.3, -0.25) is 9.78 Å². The smallest absolute Gasteiger partial charge is 0.394 e. The van der Waals surface area contributed by atoms with Crippen LogP contribution in [-0.2, 0) is 4.79 Å². The van der Waals surface area contributed by atoms with E-state index in [2.05, 4.69) is 4.98 Å². The molecule has 2 aromatic rings. The van der Waals surface area contributed by atoms with E-state index in [1.165, 1.54) is 6.07 Å². The molecule has 0 radical (unpaired) electrons. The second kappa shape index (κ2) is 6.29. The number of fused-ring (bicyclic) bond motifs is 1. The summed E-state index contributed by atoms with van der Waals surface area (Å²) in [6.07, 6.45) is -3.70. The second-order valence-corrected chi connectivity index (χ2v) is 6.29. The Hall–Kier alpha value is -2.60. The highest BCUT2D eigenvalue weighted by Crippen LogP contribution is 2.43. The fourth-order valence-electron chi connectivity index (χ4n) is 3.20. The topological polar surface area (TPSA) is 77.2 Å². The summed E-state index contributed by atoms with van der Waals surface area (Å²) in [5.41, 5.74) is -0.356. The Morgan fingerprint density at radius 3 is 2.62 bits per heavy atom. The van der Waals surface area contributed by atoms with Gasteiger partial charge in [0.15, 0.2) is 0 Å². The lowest BCUT2D eigenvalue weighted by molar-refractivity contribution is -0.187. The average molecular weight is 388 g/mol. The molecule has 0 saturated carbocycles. The maximum Gasteiger partial charge on any atom is 0.394 e. The maximum absolute atomic E-state index is 14.0. The number of aliphatic carboxylic acids is 1. The van der Waals surface area contributed by atoms with E-state index in [0.29, 0.717) is 0 Å². The Kier molecular flexibility index (Phi) is 4.40. The summed E-state index contributed by atoms with van der Waals surface area (Å²) in [4.78, 5) is 16.2. The van der Waals surface area contributed by atoms with Crippen molar-refractivity contribution in [2.75, 3.05) is 18.0 Å². The van der Waals surface area contributed by atoms with Crippen molar-refractivity contribution in [2.24, 2.45) is 11.8 Å². The molecule has 0 spiro atoms. The number of nitriles is 1. The highest BCUT2D eigenvalue weighted by atomic mass is 35.5. The SMILES string of the molecule is N#Cc1cnc2c(F)ccc(Cl)c2c1N1C[C@@H](C(F)(F)F)[C@H](C(=O)O)C1. The van der Waals surface area contributed by atoms with Crippen molar-refractivity contribution < 1.29 is 27.5 Å². The van der Waals surface area contributed by atoms with Crippen LogP contribution in [0.2, 0.25) is 5.02 Å². The zero-order valence-electron chi connectivity index (χ0n) is 12.9. The number of anilines is 1. The van der Waals surface area contributed by atoms with Crippen LogP contribution in [-0.4, -0.2) is 35.3 Å². The minimum Gasteiger partial charge on any atom is -0.481 e. The van der Waals surface area contributed by atoms with E-state index in [0.717, 1.165) is 17.2 Å². The van der Waals surface area contributed by atoms with Gasteiger partial charge in [0.1, 0.15) is 17.4 Å². The molecule has 5 nitrogen and oxygen atoms in total. The first-order chi connectivity index (χ1) is 12.1. The number of carbonyl (C=O) groups is 1. The molecule has 0 aliphatic carbocycles. The zero-order chi connectivity index (χ0) is 19.2. The number of halogens is 5. The quantitative estimate of drug-likeness (QED) is 0.797. The molecule has 3 rings (SSSR count). The molecule has 136 valence electrons. The molecule has 10 heteroatoms. The van der Waals surface area contributed by atoms with Crippen molar-refractivity contribution in [3.63, 3.8) is 0 Å². The summed E-state index contributed by atoms with van der Waals surface area (Å²) >= 11 is 6.09. The van der Waals surface area contributed by atoms with Crippen molar-refractivity contribution in [3.05, 3.63) is 34.7 Å². The molecule has 1 aromatic heterocycles. The summed E-state index contributed by atoms with van der Waals surface area (Å²) in [7, 11) is 0. The molecular formula is C16H10ClF4N3O2. The van der Waals surface area contributed by atoms with E-state index < -0.39 is 42.9 Å². The number of hydrogen-bond donors (Lipinski definition) is 1. The van der Waals surface area contributed by atoms with E-state index in [4.69, 9.17) is 16.7 Å². The molecule has 0 bridgehead atoms. The third-order valence-corrected chi connectivity index (χ3v) is 4.70.